The van der Waals surface area contributed by atoms with Crippen molar-refractivity contribution >= 4 is 39.5 Å². The zero-order valence-electron chi connectivity index (χ0n) is 58.6. The van der Waals surface area contributed by atoms with Crippen LogP contribution in [0.1, 0.15) is 357 Å². The number of carbonyl (C=O) groups is 4. The summed E-state index contributed by atoms with van der Waals surface area (Å²) in [5.41, 5.74) is 0. The first-order chi connectivity index (χ1) is 43.3. The topological polar surface area (TPSA) is 237 Å². The van der Waals surface area contributed by atoms with Gasteiger partial charge in [-0.25, -0.2) is 9.13 Å². The lowest BCUT2D eigenvalue weighted by atomic mass is 10.00. The van der Waals surface area contributed by atoms with Crippen LogP contribution in [-0.4, -0.2) is 96.7 Å². The number of phosphoric acid groups is 2. The number of esters is 4. The average molecular weight is 1330 g/mol. The van der Waals surface area contributed by atoms with Crippen molar-refractivity contribution in [3.63, 3.8) is 0 Å². The van der Waals surface area contributed by atoms with Crippen molar-refractivity contribution in [1.29, 1.82) is 0 Å². The van der Waals surface area contributed by atoms with E-state index in [9.17, 15) is 43.2 Å². The predicted octanol–water partition coefficient (Wildman–Crippen LogP) is 20.2. The first-order valence-corrected chi connectivity index (χ1v) is 39.9. The number of rotatable bonds is 69. The molecule has 0 rings (SSSR count). The summed E-state index contributed by atoms with van der Waals surface area (Å²) < 4.78 is 68.2. The largest absolute Gasteiger partial charge is 0.472 e. The van der Waals surface area contributed by atoms with Crippen molar-refractivity contribution in [3.05, 3.63) is 0 Å². The van der Waals surface area contributed by atoms with Gasteiger partial charge in [-0.1, -0.05) is 305 Å². The molecule has 0 aliphatic carbocycles. The molecule has 0 heterocycles. The van der Waals surface area contributed by atoms with E-state index in [0.717, 1.165) is 108 Å². The van der Waals surface area contributed by atoms with Crippen molar-refractivity contribution in [2.45, 2.75) is 375 Å². The quantitative estimate of drug-likeness (QED) is 0.0222. The van der Waals surface area contributed by atoms with Crippen LogP contribution in [0.15, 0.2) is 0 Å². The van der Waals surface area contributed by atoms with Crippen LogP contribution in [-0.2, 0) is 65.4 Å². The van der Waals surface area contributed by atoms with Crippen molar-refractivity contribution in [3.8, 4) is 0 Å². The number of ether oxygens (including phenoxy) is 4. The van der Waals surface area contributed by atoms with E-state index < -0.39 is 97.5 Å². The minimum absolute atomic E-state index is 0.102. The van der Waals surface area contributed by atoms with Crippen LogP contribution in [0.4, 0.5) is 0 Å². The van der Waals surface area contributed by atoms with Gasteiger partial charge in [0.1, 0.15) is 19.3 Å². The molecule has 19 heteroatoms. The first kappa shape index (κ1) is 88.1. The third kappa shape index (κ3) is 63.5. The van der Waals surface area contributed by atoms with E-state index >= 15 is 0 Å². The van der Waals surface area contributed by atoms with E-state index in [1.165, 1.54) is 161 Å². The smallest absolute Gasteiger partial charge is 0.462 e. The summed E-state index contributed by atoms with van der Waals surface area (Å²) in [7, 11) is -9.90. The van der Waals surface area contributed by atoms with Crippen LogP contribution in [0.2, 0.25) is 0 Å². The molecule has 0 saturated carbocycles. The van der Waals surface area contributed by atoms with Crippen LogP contribution in [0.3, 0.4) is 0 Å². The van der Waals surface area contributed by atoms with Crippen LogP contribution in [0, 0.1) is 17.8 Å². The Bertz CT molecular complexity index is 1770. The fourth-order valence-corrected chi connectivity index (χ4v) is 12.3. The summed E-state index contributed by atoms with van der Waals surface area (Å²) in [5.74, 6) is 0.0123. The summed E-state index contributed by atoms with van der Waals surface area (Å²) in [6, 6.07) is 0. The zero-order chi connectivity index (χ0) is 66.6. The standard InChI is InChI=1S/C71H138O17P2/c1-8-10-11-12-13-14-15-16-17-18-19-20-21-22-23-26-30-40-47-54-70(75)87-66(58-81-68(73)52-45-38-29-27-24-25-28-35-42-49-62(3)4)60-85-89(77,78)83-56-65(72)57-84-90(79,80)86-61-67(59-82-69(74)53-46-39-33-31-36-43-50-63(5)6)88-71(76)55-48-41-34-32-37-44-51-64(7)9-2/h62-67,72H,8-61H2,1-7H3,(H,77,78)(H,79,80)/t64?,65-,66-,67-/m1/s1. The SMILES string of the molecule is CCCCCCCCCCCCCCCCCCCCCC(=O)O[C@H](COC(=O)CCCCCCCCCCCC(C)C)COP(=O)(O)OC[C@@H](O)COP(=O)(O)OC[C@@H](COC(=O)CCCCCCCCC(C)C)OC(=O)CCCCCCCCC(C)CC. The number of aliphatic hydroxyl groups is 1. The minimum Gasteiger partial charge on any atom is -0.462 e. The highest BCUT2D eigenvalue weighted by molar-refractivity contribution is 7.47. The molecule has 17 nitrogen and oxygen atoms in total. The van der Waals surface area contributed by atoms with Gasteiger partial charge in [0.2, 0.25) is 0 Å². The van der Waals surface area contributed by atoms with Gasteiger partial charge in [-0.2, -0.15) is 0 Å². The lowest BCUT2D eigenvalue weighted by Crippen LogP contribution is -2.30. The van der Waals surface area contributed by atoms with Gasteiger partial charge >= 0.3 is 39.5 Å². The normalized spacial score (nSPS) is 14.5. The van der Waals surface area contributed by atoms with Crippen LogP contribution in [0.25, 0.3) is 0 Å². The molecule has 3 N–H and O–H groups in total. The second-order valence-electron chi connectivity index (χ2n) is 26.8. The van der Waals surface area contributed by atoms with Gasteiger partial charge in [0.25, 0.3) is 0 Å². The molecule has 0 aliphatic rings. The van der Waals surface area contributed by atoms with Gasteiger partial charge in [0.05, 0.1) is 26.4 Å². The van der Waals surface area contributed by atoms with Crippen LogP contribution < -0.4 is 0 Å². The van der Waals surface area contributed by atoms with Gasteiger partial charge < -0.3 is 33.8 Å². The highest BCUT2D eigenvalue weighted by Crippen LogP contribution is 2.45. The van der Waals surface area contributed by atoms with Gasteiger partial charge in [-0.3, -0.25) is 37.3 Å². The van der Waals surface area contributed by atoms with Crippen molar-refractivity contribution < 1.29 is 80.2 Å². The highest BCUT2D eigenvalue weighted by atomic mass is 31.2. The Hall–Kier alpha value is -1.94. The van der Waals surface area contributed by atoms with E-state index in [4.69, 9.17) is 37.0 Å². The number of aliphatic hydroxyl groups excluding tert-OH is 1. The molecule has 0 spiro atoms. The van der Waals surface area contributed by atoms with Crippen molar-refractivity contribution in [1.82, 2.24) is 0 Å². The summed E-state index contributed by atoms with van der Waals surface area (Å²) in [6.07, 6.45) is 46.2. The number of hydrogen-bond donors (Lipinski definition) is 3. The Labute approximate surface area is 549 Å². The fourth-order valence-electron chi connectivity index (χ4n) is 10.7. The summed E-state index contributed by atoms with van der Waals surface area (Å²) in [6.45, 7) is 11.7. The fraction of sp³-hybridized carbons (Fsp3) is 0.944. The molecule has 0 aromatic rings. The number of phosphoric ester groups is 2. The predicted molar refractivity (Wildman–Crippen MR) is 363 cm³/mol. The lowest BCUT2D eigenvalue weighted by Gasteiger charge is -2.21. The molecule has 0 aromatic carbocycles. The monoisotopic (exact) mass is 1320 g/mol. The molecule has 6 atom stereocenters. The molecule has 534 valence electrons. The number of hydrogen-bond acceptors (Lipinski definition) is 15. The van der Waals surface area contributed by atoms with Gasteiger partial charge in [-0.15, -0.1) is 0 Å². The molecule has 0 bridgehead atoms. The van der Waals surface area contributed by atoms with E-state index in [0.29, 0.717) is 31.6 Å². The molecule has 0 aliphatic heterocycles. The van der Waals surface area contributed by atoms with Gasteiger partial charge in [0, 0.05) is 25.7 Å². The summed E-state index contributed by atoms with van der Waals surface area (Å²) >= 11 is 0. The zero-order valence-corrected chi connectivity index (χ0v) is 60.4. The Morgan fingerprint density at radius 1 is 0.322 bits per heavy atom. The molecule has 0 radical (unpaired) electrons. The van der Waals surface area contributed by atoms with E-state index in [1.807, 2.05) is 0 Å². The molecular weight excluding hydrogens is 1190 g/mol. The molecule has 90 heavy (non-hydrogen) atoms. The van der Waals surface area contributed by atoms with E-state index in [2.05, 4.69) is 48.5 Å². The molecule has 0 aromatic heterocycles. The molecule has 3 unspecified atom stereocenters. The summed E-state index contributed by atoms with van der Waals surface area (Å²) in [5, 5.41) is 10.6. The number of unbranched alkanes of at least 4 members (excludes halogenated alkanes) is 36. The van der Waals surface area contributed by atoms with E-state index in [1.54, 1.807) is 0 Å². The third-order valence-corrected chi connectivity index (χ3v) is 18.6. The van der Waals surface area contributed by atoms with Gasteiger partial charge in [0.15, 0.2) is 12.2 Å². The molecular formula is C71H138O17P2. The molecule has 0 saturated heterocycles. The van der Waals surface area contributed by atoms with Gasteiger partial charge in [-0.05, 0) is 43.4 Å². The average Bonchev–Trinajstić information content (AvgIpc) is 2.94. The maximum Gasteiger partial charge on any atom is 0.472 e. The summed E-state index contributed by atoms with van der Waals surface area (Å²) in [4.78, 5) is 72.5. The second kappa shape index (κ2) is 61.9. The highest BCUT2D eigenvalue weighted by Gasteiger charge is 2.30. The third-order valence-electron chi connectivity index (χ3n) is 16.7. The van der Waals surface area contributed by atoms with Crippen molar-refractivity contribution in [2.24, 2.45) is 17.8 Å². The lowest BCUT2D eigenvalue weighted by molar-refractivity contribution is -0.161. The Morgan fingerprint density at radius 3 is 0.844 bits per heavy atom. The Kier molecular flexibility index (Phi) is 60.6. The van der Waals surface area contributed by atoms with Crippen LogP contribution in [0.5, 0.6) is 0 Å². The second-order valence-corrected chi connectivity index (χ2v) is 29.7. The maximum absolute atomic E-state index is 13.0. The minimum atomic E-state index is -4.95. The number of carbonyl (C=O) groups excluding carboxylic acids is 4. The van der Waals surface area contributed by atoms with Crippen LogP contribution >= 0.6 is 15.6 Å². The maximum atomic E-state index is 13.0. The molecule has 0 amide bonds. The molecule has 0 fully saturated rings. The first-order valence-electron chi connectivity index (χ1n) is 36.9. The van der Waals surface area contributed by atoms with Crippen molar-refractivity contribution in [2.75, 3.05) is 39.6 Å². The Balaban J connectivity index is 5.20. The Morgan fingerprint density at radius 2 is 0.567 bits per heavy atom. The van der Waals surface area contributed by atoms with E-state index in [-0.39, 0.29) is 25.7 Å².